The van der Waals surface area contributed by atoms with Gasteiger partial charge in [0.05, 0.1) is 5.52 Å². The van der Waals surface area contributed by atoms with E-state index in [0.29, 0.717) is 0 Å². The molecule has 1 aliphatic rings. The molecular formula is C24H20N2. The first-order valence-corrected chi connectivity index (χ1v) is 9.07. The van der Waals surface area contributed by atoms with Crippen LogP contribution >= 0.6 is 0 Å². The maximum atomic E-state index is 6.05. The molecule has 0 saturated heterocycles. The highest BCUT2D eigenvalue weighted by Crippen LogP contribution is 2.39. The van der Waals surface area contributed by atoms with E-state index in [-0.39, 0.29) is 0 Å². The van der Waals surface area contributed by atoms with Crippen LogP contribution in [0, 0.1) is 0 Å². The third-order valence-electron chi connectivity index (χ3n) is 5.18. The number of benzene rings is 3. The fourth-order valence-electron chi connectivity index (χ4n) is 4.09. The average Bonchev–Trinajstić information content (AvgIpc) is 3.03. The molecule has 5 rings (SSSR count). The van der Waals surface area contributed by atoms with Gasteiger partial charge in [-0.2, -0.15) is 0 Å². The number of nitrogens with zero attached hydrogens (tertiary/aromatic N) is 1. The van der Waals surface area contributed by atoms with Crippen molar-refractivity contribution in [2.24, 2.45) is 0 Å². The predicted molar refractivity (Wildman–Crippen MR) is 110 cm³/mol. The number of aromatic nitrogens is 1. The number of nitrogens with two attached hydrogens (primary N) is 1. The zero-order chi connectivity index (χ0) is 17.5. The second-order valence-electron chi connectivity index (χ2n) is 6.80. The van der Waals surface area contributed by atoms with Crippen LogP contribution < -0.4 is 5.73 Å². The second-order valence-corrected chi connectivity index (χ2v) is 6.80. The molecular weight excluding hydrogens is 316 g/mol. The van der Waals surface area contributed by atoms with Crippen molar-refractivity contribution in [1.82, 2.24) is 4.57 Å². The molecule has 0 bridgehead atoms. The quantitative estimate of drug-likeness (QED) is 0.458. The van der Waals surface area contributed by atoms with Crippen molar-refractivity contribution < 1.29 is 0 Å². The van der Waals surface area contributed by atoms with E-state index >= 15 is 0 Å². The highest BCUT2D eigenvalue weighted by atomic mass is 15.0. The minimum Gasteiger partial charge on any atom is -0.399 e. The summed E-state index contributed by atoms with van der Waals surface area (Å²) in [5.41, 5.74) is 14.5. The Balaban J connectivity index is 1.89. The molecule has 126 valence electrons. The van der Waals surface area contributed by atoms with Crippen LogP contribution in [-0.4, -0.2) is 4.57 Å². The number of fused-ring (bicyclic) bond motifs is 3. The molecule has 0 spiro atoms. The Morgan fingerprint density at radius 1 is 0.846 bits per heavy atom. The highest BCUT2D eigenvalue weighted by molar-refractivity contribution is 6.03. The molecule has 3 aromatic carbocycles. The first-order valence-electron chi connectivity index (χ1n) is 9.07. The molecule has 0 aliphatic heterocycles. The summed E-state index contributed by atoms with van der Waals surface area (Å²) in [6.45, 7) is 0. The maximum Gasteiger partial charge on any atom is 0.0543 e. The number of rotatable bonds is 2. The molecule has 2 nitrogen and oxygen atoms in total. The Morgan fingerprint density at radius 3 is 2.54 bits per heavy atom. The van der Waals surface area contributed by atoms with Crippen molar-refractivity contribution in [2.45, 2.75) is 12.8 Å². The normalized spacial score (nSPS) is 13.1. The monoisotopic (exact) mass is 336 g/mol. The summed E-state index contributed by atoms with van der Waals surface area (Å²) >= 11 is 0. The first-order chi connectivity index (χ1) is 12.8. The van der Waals surface area contributed by atoms with E-state index in [2.05, 4.69) is 77.4 Å². The topological polar surface area (TPSA) is 30.9 Å². The van der Waals surface area contributed by atoms with Gasteiger partial charge in [0.15, 0.2) is 0 Å². The lowest BCUT2D eigenvalue weighted by Gasteiger charge is -2.13. The molecule has 2 N–H and O–H groups in total. The molecule has 1 heterocycles. The summed E-state index contributed by atoms with van der Waals surface area (Å²) in [5.74, 6) is 0. The number of hydrogen-bond acceptors (Lipinski definition) is 1. The number of hydrogen-bond donors (Lipinski definition) is 1. The fraction of sp³-hybridized carbons (Fsp3) is 0.0833. The van der Waals surface area contributed by atoms with Crippen LogP contribution in [-0.2, 0) is 6.42 Å². The maximum absolute atomic E-state index is 6.05. The van der Waals surface area contributed by atoms with E-state index in [9.17, 15) is 0 Å². The Bertz CT molecular complexity index is 1130. The van der Waals surface area contributed by atoms with Gasteiger partial charge in [-0.3, -0.25) is 0 Å². The van der Waals surface area contributed by atoms with E-state index < -0.39 is 0 Å². The van der Waals surface area contributed by atoms with Gasteiger partial charge in [0.25, 0.3) is 0 Å². The molecule has 2 heteroatoms. The lowest BCUT2D eigenvalue weighted by Crippen LogP contribution is -2.02. The third kappa shape index (κ3) is 2.26. The van der Waals surface area contributed by atoms with Gasteiger partial charge in [0, 0.05) is 28.0 Å². The zero-order valence-electron chi connectivity index (χ0n) is 14.5. The standard InChI is InChI=1S/C24H20N2/c25-18-9-6-8-17(16-18)20-13-7-15-23-24(20)21-12-4-5-14-22(21)26(23)19-10-2-1-3-11-19/h1-4,6-13,15-16H,5,14,25H2. The lowest BCUT2D eigenvalue weighted by atomic mass is 9.95. The van der Waals surface area contributed by atoms with Crippen LogP contribution in [0.4, 0.5) is 5.69 Å². The summed E-state index contributed by atoms with van der Waals surface area (Å²) in [6.07, 6.45) is 6.72. The van der Waals surface area contributed by atoms with E-state index in [1.54, 1.807) is 0 Å². The highest BCUT2D eigenvalue weighted by Gasteiger charge is 2.20. The minimum absolute atomic E-state index is 0.798. The minimum atomic E-state index is 0.798. The van der Waals surface area contributed by atoms with Gasteiger partial charge >= 0.3 is 0 Å². The van der Waals surface area contributed by atoms with Crippen molar-refractivity contribution in [1.29, 1.82) is 0 Å². The molecule has 26 heavy (non-hydrogen) atoms. The van der Waals surface area contributed by atoms with Gasteiger partial charge in [-0.15, -0.1) is 0 Å². The summed E-state index contributed by atoms with van der Waals surface area (Å²) in [7, 11) is 0. The van der Waals surface area contributed by atoms with Crippen LogP contribution in [0.15, 0.2) is 78.9 Å². The molecule has 1 aromatic heterocycles. The van der Waals surface area contributed by atoms with Gasteiger partial charge in [-0.1, -0.05) is 54.6 Å². The van der Waals surface area contributed by atoms with Gasteiger partial charge in [0.2, 0.25) is 0 Å². The summed E-state index contributed by atoms with van der Waals surface area (Å²) in [5, 5.41) is 1.31. The Morgan fingerprint density at radius 2 is 1.69 bits per heavy atom. The van der Waals surface area contributed by atoms with E-state index in [1.807, 2.05) is 12.1 Å². The molecule has 4 aromatic rings. The van der Waals surface area contributed by atoms with Gasteiger partial charge < -0.3 is 10.3 Å². The molecule has 0 atom stereocenters. The predicted octanol–water partition coefficient (Wildman–Crippen LogP) is 5.84. The van der Waals surface area contributed by atoms with Crippen LogP contribution in [0.5, 0.6) is 0 Å². The molecule has 0 saturated carbocycles. The van der Waals surface area contributed by atoms with E-state index in [1.165, 1.54) is 39.0 Å². The average molecular weight is 336 g/mol. The summed E-state index contributed by atoms with van der Waals surface area (Å²) in [4.78, 5) is 0. The van der Waals surface area contributed by atoms with Crippen LogP contribution in [0.1, 0.15) is 17.7 Å². The zero-order valence-corrected chi connectivity index (χ0v) is 14.5. The van der Waals surface area contributed by atoms with Crippen molar-refractivity contribution in [3.05, 3.63) is 90.1 Å². The van der Waals surface area contributed by atoms with Crippen molar-refractivity contribution in [3.8, 4) is 16.8 Å². The molecule has 0 amide bonds. The SMILES string of the molecule is Nc1cccc(-c2cccc3c2c2c(n3-c3ccccc3)CCC=C2)c1. The molecule has 0 fully saturated rings. The fourth-order valence-corrected chi connectivity index (χ4v) is 4.09. The lowest BCUT2D eigenvalue weighted by molar-refractivity contribution is 0.888. The largest absolute Gasteiger partial charge is 0.399 e. The van der Waals surface area contributed by atoms with Crippen molar-refractivity contribution in [2.75, 3.05) is 5.73 Å². The molecule has 0 radical (unpaired) electrons. The second kappa shape index (κ2) is 5.92. The van der Waals surface area contributed by atoms with Crippen LogP contribution in [0.3, 0.4) is 0 Å². The Kier molecular flexibility index (Phi) is 3.42. The molecule has 0 unspecified atom stereocenters. The van der Waals surface area contributed by atoms with Crippen molar-refractivity contribution in [3.63, 3.8) is 0 Å². The third-order valence-corrected chi connectivity index (χ3v) is 5.18. The number of nitrogen functional groups attached to an aromatic ring is 1. The van der Waals surface area contributed by atoms with Gasteiger partial charge in [-0.25, -0.2) is 0 Å². The molecule has 1 aliphatic carbocycles. The number of anilines is 1. The Hall–Kier alpha value is -3.26. The van der Waals surface area contributed by atoms with Crippen LogP contribution in [0.25, 0.3) is 33.8 Å². The van der Waals surface area contributed by atoms with Crippen LogP contribution in [0.2, 0.25) is 0 Å². The Labute approximate surface area is 153 Å². The van der Waals surface area contributed by atoms with Gasteiger partial charge in [-0.05, 0) is 54.3 Å². The first kappa shape index (κ1) is 15.0. The summed E-state index contributed by atoms with van der Waals surface area (Å²) in [6, 6.07) is 25.4. The van der Waals surface area contributed by atoms with Crippen molar-refractivity contribution >= 4 is 22.7 Å². The van der Waals surface area contributed by atoms with Gasteiger partial charge in [0.1, 0.15) is 0 Å². The van der Waals surface area contributed by atoms with E-state index in [4.69, 9.17) is 5.73 Å². The number of para-hydroxylation sites is 1. The number of allylic oxidation sites excluding steroid dienone is 1. The smallest absolute Gasteiger partial charge is 0.0543 e. The summed E-state index contributed by atoms with van der Waals surface area (Å²) < 4.78 is 2.42. The van der Waals surface area contributed by atoms with E-state index in [0.717, 1.165) is 18.5 Å².